The molecule has 6 aromatic carbocycles. The van der Waals surface area contributed by atoms with Gasteiger partial charge in [-0.15, -0.1) is 0 Å². The fourth-order valence-electron chi connectivity index (χ4n) is 9.29. The third-order valence-electron chi connectivity index (χ3n) is 11.6. The standard InChI is InChI=1S/C50H56O6P2/c1-34-30-45(55-57(51)52)43(47(4,5)6)32-41(34)50(40-28-20-13-21-29-40,42-33-44(48(7,8)9)46(31-35(42)2)56-58(53)54)49(38-24-16-11-17-25-38,39-26-18-12-19-27-39)36(3)37-22-14-10-15-23-37/h10-33,36,51-54H,1-9H3. The van der Waals surface area contributed by atoms with Gasteiger partial charge >= 0.3 is 17.2 Å². The van der Waals surface area contributed by atoms with Gasteiger partial charge in [-0.1, -0.05) is 182 Å². The van der Waals surface area contributed by atoms with Crippen molar-refractivity contribution >= 4 is 17.2 Å². The van der Waals surface area contributed by atoms with Crippen LogP contribution in [0.4, 0.5) is 0 Å². The highest BCUT2D eigenvalue weighted by atomic mass is 31.2. The fraction of sp³-hybridized carbons (Fsp3) is 0.280. The molecule has 4 N–H and O–H groups in total. The molecule has 6 aromatic rings. The number of benzene rings is 6. The van der Waals surface area contributed by atoms with Crippen molar-refractivity contribution in [2.24, 2.45) is 0 Å². The molecule has 0 radical (unpaired) electrons. The Labute approximate surface area is 347 Å². The Kier molecular flexibility index (Phi) is 12.7. The van der Waals surface area contributed by atoms with Crippen LogP contribution < -0.4 is 9.05 Å². The van der Waals surface area contributed by atoms with Gasteiger partial charge in [0.05, 0.1) is 5.41 Å². The summed E-state index contributed by atoms with van der Waals surface area (Å²) in [5.74, 6) is 0.650. The van der Waals surface area contributed by atoms with Gasteiger partial charge in [0, 0.05) is 16.5 Å². The van der Waals surface area contributed by atoms with Gasteiger partial charge in [0.2, 0.25) is 0 Å². The molecule has 0 saturated heterocycles. The molecule has 0 spiro atoms. The van der Waals surface area contributed by atoms with Crippen molar-refractivity contribution in [1.82, 2.24) is 0 Å². The molecule has 0 amide bonds. The van der Waals surface area contributed by atoms with Crippen LogP contribution in [0.25, 0.3) is 0 Å². The lowest BCUT2D eigenvalue weighted by Gasteiger charge is -2.57. The Morgan fingerprint density at radius 3 is 1.10 bits per heavy atom. The van der Waals surface area contributed by atoms with Gasteiger partial charge in [-0.25, -0.2) is 0 Å². The molecule has 0 bridgehead atoms. The lowest BCUT2D eigenvalue weighted by molar-refractivity contribution is 0.302. The highest BCUT2D eigenvalue weighted by Gasteiger charge is 2.61. The summed E-state index contributed by atoms with van der Waals surface area (Å²) < 4.78 is 11.7. The lowest BCUT2D eigenvalue weighted by Crippen LogP contribution is -2.55. The van der Waals surface area contributed by atoms with Crippen LogP contribution in [-0.2, 0) is 21.7 Å². The van der Waals surface area contributed by atoms with Crippen molar-refractivity contribution in [3.05, 3.63) is 201 Å². The van der Waals surface area contributed by atoms with Crippen molar-refractivity contribution in [3.8, 4) is 11.5 Å². The first-order valence-corrected chi connectivity index (χ1v) is 22.0. The molecule has 0 aliphatic heterocycles. The highest BCUT2D eigenvalue weighted by molar-refractivity contribution is 7.40. The van der Waals surface area contributed by atoms with Gasteiger partial charge in [-0.3, -0.25) is 0 Å². The fourth-order valence-corrected chi connectivity index (χ4v) is 9.94. The SMILES string of the molecule is Cc1cc(OP(O)O)c(C(C)(C)C)cc1C(c1ccccc1)(c1cc(C(C)(C)C)c(OP(O)O)cc1C)C(c1ccccc1)(c1ccccc1)C(C)c1ccccc1. The molecule has 0 heterocycles. The second-order valence-electron chi connectivity index (χ2n) is 17.3. The van der Waals surface area contributed by atoms with Gasteiger partial charge < -0.3 is 28.6 Å². The molecule has 1 atom stereocenters. The van der Waals surface area contributed by atoms with Gasteiger partial charge in [0.15, 0.2) is 0 Å². The molecule has 0 aliphatic carbocycles. The minimum atomic E-state index is -2.70. The Hall–Kier alpha value is -4.38. The van der Waals surface area contributed by atoms with E-state index in [1.165, 1.54) is 0 Å². The maximum atomic E-state index is 10.3. The van der Waals surface area contributed by atoms with Crippen molar-refractivity contribution in [2.75, 3.05) is 0 Å². The molecule has 0 aliphatic rings. The van der Waals surface area contributed by atoms with Crippen LogP contribution in [0, 0.1) is 13.8 Å². The zero-order valence-electron chi connectivity index (χ0n) is 34.9. The van der Waals surface area contributed by atoms with Crippen LogP contribution in [0.5, 0.6) is 11.5 Å². The molecular weight excluding hydrogens is 758 g/mol. The summed E-state index contributed by atoms with van der Waals surface area (Å²) in [6, 6.07) is 51.3. The predicted molar refractivity (Wildman–Crippen MR) is 239 cm³/mol. The van der Waals surface area contributed by atoms with Gasteiger partial charge in [-0.05, 0) is 87.2 Å². The monoisotopic (exact) mass is 814 g/mol. The maximum absolute atomic E-state index is 10.3. The van der Waals surface area contributed by atoms with Crippen LogP contribution in [0.1, 0.15) is 110 Å². The Morgan fingerprint density at radius 2 is 0.776 bits per heavy atom. The molecule has 0 saturated carbocycles. The topological polar surface area (TPSA) is 99.4 Å². The van der Waals surface area contributed by atoms with E-state index < -0.39 is 38.9 Å². The second-order valence-corrected chi connectivity index (χ2v) is 18.7. The van der Waals surface area contributed by atoms with Crippen LogP contribution in [0.2, 0.25) is 0 Å². The number of hydrogen-bond donors (Lipinski definition) is 4. The van der Waals surface area contributed by atoms with Crippen molar-refractivity contribution in [3.63, 3.8) is 0 Å². The van der Waals surface area contributed by atoms with E-state index >= 15 is 0 Å². The molecule has 1 unspecified atom stereocenters. The largest absolute Gasteiger partial charge is 0.427 e. The summed E-state index contributed by atoms with van der Waals surface area (Å²) in [6.45, 7) is 19.2. The molecule has 6 nitrogen and oxygen atoms in total. The predicted octanol–water partition coefficient (Wildman–Crippen LogP) is 12.2. The van der Waals surface area contributed by atoms with E-state index in [0.717, 1.165) is 55.6 Å². The number of hydrogen-bond acceptors (Lipinski definition) is 6. The van der Waals surface area contributed by atoms with E-state index in [4.69, 9.17) is 9.05 Å². The first-order valence-electron chi connectivity index (χ1n) is 19.7. The zero-order valence-corrected chi connectivity index (χ0v) is 36.7. The third kappa shape index (κ3) is 8.00. The first-order chi connectivity index (χ1) is 27.4. The van der Waals surface area contributed by atoms with Crippen molar-refractivity contribution in [2.45, 2.75) is 89.9 Å². The molecular formula is C50H56O6P2. The first kappa shape index (κ1) is 43.2. The van der Waals surface area contributed by atoms with Crippen molar-refractivity contribution in [1.29, 1.82) is 0 Å². The Balaban J connectivity index is 2.03. The molecule has 8 heteroatoms. The summed E-state index contributed by atoms with van der Waals surface area (Å²) in [5.41, 5.74) is 6.89. The van der Waals surface area contributed by atoms with Crippen LogP contribution in [0.3, 0.4) is 0 Å². The summed E-state index contributed by atoms with van der Waals surface area (Å²) in [5, 5.41) is 0. The highest BCUT2D eigenvalue weighted by Crippen LogP contribution is 2.64. The quantitative estimate of drug-likeness (QED) is 0.0725. The average Bonchev–Trinajstić information content (AvgIpc) is 3.17. The van der Waals surface area contributed by atoms with E-state index in [0.29, 0.717) is 11.5 Å². The van der Waals surface area contributed by atoms with Crippen LogP contribution >= 0.6 is 17.2 Å². The number of rotatable bonds is 12. The van der Waals surface area contributed by atoms with E-state index in [2.05, 4.69) is 190 Å². The van der Waals surface area contributed by atoms with Gasteiger partial charge in [0.1, 0.15) is 11.5 Å². The minimum Gasteiger partial charge on any atom is -0.427 e. The summed E-state index contributed by atoms with van der Waals surface area (Å²) in [7, 11) is -5.40. The van der Waals surface area contributed by atoms with Crippen LogP contribution in [0.15, 0.2) is 146 Å². The second kappa shape index (κ2) is 17.1. The van der Waals surface area contributed by atoms with Gasteiger partial charge in [-0.2, -0.15) is 0 Å². The molecule has 0 aromatic heterocycles. The van der Waals surface area contributed by atoms with E-state index in [9.17, 15) is 19.6 Å². The normalized spacial score (nSPS) is 13.2. The summed E-state index contributed by atoms with van der Waals surface area (Å²) in [4.78, 5) is 41.1. The van der Waals surface area contributed by atoms with E-state index in [1.807, 2.05) is 18.2 Å². The Morgan fingerprint density at radius 1 is 0.448 bits per heavy atom. The zero-order chi connectivity index (χ0) is 42.0. The molecule has 0 fully saturated rings. The van der Waals surface area contributed by atoms with E-state index in [-0.39, 0.29) is 5.92 Å². The maximum Gasteiger partial charge on any atom is 0.391 e. The van der Waals surface area contributed by atoms with Crippen LogP contribution in [-0.4, -0.2) is 19.6 Å². The third-order valence-corrected chi connectivity index (χ3v) is 12.4. The van der Waals surface area contributed by atoms with Crippen molar-refractivity contribution < 1.29 is 28.6 Å². The number of aryl methyl sites for hydroxylation is 2. The molecule has 302 valence electrons. The minimum absolute atomic E-state index is 0.189. The van der Waals surface area contributed by atoms with Gasteiger partial charge in [0.25, 0.3) is 0 Å². The molecule has 6 rings (SSSR count). The summed E-state index contributed by atoms with van der Waals surface area (Å²) in [6.07, 6.45) is 0. The average molecular weight is 815 g/mol. The Bertz CT molecular complexity index is 2180. The smallest absolute Gasteiger partial charge is 0.391 e. The molecule has 58 heavy (non-hydrogen) atoms. The lowest BCUT2D eigenvalue weighted by atomic mass is 9.43. The summed E-state index contributed by atoms with van der Waals surface area (Å²) >= 11 is 0. The van der Waals surface area contributed by atoms with E-state index in [1.54, 1.807) is 0 Å².